The van der Waals surface area contributed by atoms with Gasteiger partial charge in [0.15, 0.2) is 0 Å². The third-order valence-electron chi connectivity index (χ3n) is 1.50. The maximum atomic E-state index is 5.90. The molecule has 0 bridgehead atoms. The first-order valence-electron chi connectivity index (χ1n) is 3.07. The summed E-state index contributed by atoms with van der Waals surface area (Å²) in [6.45, 7) is 0. The molecule has 11 heavy (non-hydrogen) atoms. The maximum Gasteiger partial charge on any atom is 0.130 e. The van der Waals surface area contributed by atoms with Crippen LogP contribution in [-0.4, -0.2) is 10.2 Å². The van der Waals surface area contributed by atoms with Gasteiger partial charge < -0.3 is 0 Å². The maximum absolute atomic E-state index is 5.90. The fraction of sp³-hybridized carbons (Fsp3) is 0. The van der Waals surface area contributed by atoms with Crippen LogP contribution in [0.3, 0.4) is 0 Å². The highest BCUT2D eigenvalue weighted by Gasteiger charge is 2.03. The molecule has 1 heterocycles. The van der Waals surface area contributed by atoms with E-state index in [0.29, 0.717) is 0 Å². The van der Waals surface area contributed by atoms with Gasteiger partial charge in [0.25, 0.3) is 0 Å². The van der Waals surface area contributed by atoms with Gasteiger partial charge >= 0.3 is 0 Å². The fourth-order valence-electron chi connectivity index (χ4n) is 0.975. The van der Waals surface area contributed by atoms with Crippen molar-refractivity contribution in [3.8, 4) is 0 Å². The van der Waals surface area contributed by atoms with Gasteiger partial charge in [0.05, 0.1) is 10.5 Å². The smallest absolute Gasteiger partial charge is 0.130 e. The second kappa shape index (κ2) is 2.64. The highest BCUT2D eigenvalue weighted by Crippen LogP contribution is 2.23. The van der Waals surface area contributed by atoms with Crippen molar-refractivity contribution >= 4 is 45.1 Å². The molecule has 0 radical (unpaired) electrons. The zero-order valence-electron chi connectivity index (χ0n) is 5.44. The van der Waals surface area contributed by atoms with E-state index in [1.165, 1.54) is 0 Å². The molecule has 0 saturated heterocycles. The minimum absolute atomic E-state index is 0.720. The summed E-state index contributed by atoms with van der Waals surface area (Å²) < 4.78 is 0.958. The molecule has 1 aromatic heterocycles. The van der Waals surface area contributed by atoms with E-state index in [2.05, 4.69) is 32.8 Å². The summed E-state index contributed by atoms with van der Waals surface area (Å²) in [6.07, 6.45) is 0. The number of benzene rings is 1. The minimum Gasteiger partial charge on any atom is -0.275 e. The van der Waals surface area contributed by atoms with E-state index in [4.69, 9.17) is 11.6 Å². The van der Waals surface area contributed by atoms with Gasteiger partial charge in [-0.05, 0) is 28.7 Å². The molecule has 0 unspecified atom stereocenters. The Kier molecular flexibility index (Phi) is 1.77. The number of fused-ring (bicyclic) bond motifs is 1. The first kappa shape index (κ1) is 7.36. The van der Waals surface area contributed by atoms with Crippen molar-refractivity contribution < 1.29 is 0 Å². The molecular weight excluding hydrogens is 274 g/mol. The molecule has 0 aliphatic heterocycles. The standard InChI is InChI=1S/C7H4ClIN2/c8-5-3-1-2-4-6(5)10-11-7(4)9/h1-3H,(H,10,11). The summed E-state index contributed by atoms with van der Waals surface area (Å²) in [5, 5.41) is 8.70. The second-order valence-electron chi connectivity index (χ2n) is 2.18. The SMILES string of the molecule is Clc1cccc2c(I)n[nH]c12. The number of nitrogens with one attached hydrogen (secondary N) is 1. The average molecular weight is 278 g/mol. The van der Waals surface area contributed by atoms with Crippen LogP contribution in [0.15, 0.2) is 18.2 Å². The summed E-state index contributed by atoms with van der Waals surface area (Å²) in [5.74, 6) is 0. The predicted octanol–water partition coefficient (Wildman–Crippen LogP) is 2.82. The van der Waals surface area contributed by atoms with E-state index in [1.54, 1.807) is 0 Å². The first-order valence-corrected chi connectivity index (χ1v) is 4.53. The molecule has 0 spiro atoms. The number of hydrogen-bond acceptors (Lipinski definition) is 1. The molecule has 2 rings (SSSR count). The molecule has 0 aliphatic rings. The summed E-state index contributed by atoms with van der Waals surface area (Å²) in [4.78, 5) is 0. The molecule has 0 saturated carbocycles. The molecule has 56 valence electrons. The van der Waals surface area contributed by atoms with Gasteiger partial charge in [0, 0.05) is 5.39 Å². The summed E-state index contributed by atoms with van der Waals surface area (Å²) in [6, 6.07) is 5.76. The molecule has 0 fully saturated rings. The molecule has 4 heteroatoms. The lowest BCUT2D eigenvalue weighted by molar-refractivity contribution is 1.09. The second-order valence-corrected chi connectivity index (χ2v) is 3.61. The Bertz CT molecular complexity index is 396. The largest absolute Gasteiger partial charge is 0.275 e. The van der Waals surface area contributed by atoms with Crippen LogP contribution in [0.1, 0.15) is 0 Å². The minimum atomic E-state index is 0.720. The van der Waals surface area contributed by atoms with Crippen molar-refractivity contribution in [3.05, 3.63) is 26.9 Å². The van der Waals surface area contributed by atoms with Gasteiger partial charge in [0.2, 0.25) is 0 Å². The molecule has 2 aromatic rings. The number of aromatic amines is 1. The summed E-state index contributed by atoms with van der Waals surface area (Å²) in [7, 11) is 0. The van der Waals surface area contributed by atoms with Gasteiger partial charge in [0.1, 0.15) is 3.70 Å². The van der Waals surface area contributed by atoms with Crippen molar-refractivity contribution in [2.24, 2.45) is 0 Å². The number of aromatic nitrogens is 2. The Morgan fingerprint density at radius 1 is 1.45 bits per heavy atom. The molecule has 1 N–H and O–H groups in total. The first-order chi connectivity index (χ1) is 5.29. The normalized spacial score (nSPS) is 10.7. The average Bonchev–Trinajstić information content (AvgIpc) is 2.35. The van der Waals surface area contributed by atoms with E-state index in [0.717, 1.165) is 19.6 Å². The Hall–Kier alpha value is -0.290. The van der Waals surface area contributed by atoms with Crippen LogP contribution in [0.25, 0.3) is 10.9 Å². The molecule has 0 atom stereocenters. The van der Waals surface area contributed by atoms with Crippen LogP contribution >= 0.6 is 34.2 Å². The molecule has 0 aliphatic carbocycles. The third kappa shape index (κ3) is 1.12. The Morgan fingerprint density at radius 2 is 2.27 bits per heavy atom. The van der Waals surface area contributed by atoms with E-state index in [-0.39, 0.29) is 0 Å². The predicted molar refractivity (Wildman–Crippen MR) is 53.8 cm³/mol. The van der Waals surface area contributed by atoms with Gasteiger partial charge in [-0.25, -0.2) is 0 Å². The van der Waals surface area contributed by atoms with Crippen LogP contribution in [0.5, 0.6) is 0 Å². The van der Waals surface area contributed by atoms with Crippen molar-refractivity contribution in [3.63, 3.8) is 0 Å². The Balaban J connectivity index is 2.94. The van der Waals surface area contributed by atoms with Gasteiger partial charge in [-0.2, -0.15) is 5.10 Å². The Labute approximate surface area is 82.1 Å². The van der Waals surface area contributed by atoms with Gasteiger partial charge in [-0.15, -0.1) is 0 Å². The number of halogens is 2. The summed E-state index contributed by atoms with van der Waals surface area (Å²) in [5.41, 5.74) is 0.915. The van der Waals surface area contributed by atoms with E-state index < -0.39 is 0 Å². The topological polar surface area (TPSA) is 28.7 Å². The molecule has 0 amide bonds. The number of nitrogens with zero attached hydrogens (tertiary/aromatic N) is 1. The van der Waals surface area contributed by atoms with E-state index >= 15 is 0 Å². The zero-order chi connectivity index (χ0) is 7.84. The lowest BCUT2D eigenvalue weighted by Crippen LogP contribution is -1.69. The number of rotatable bonds is 0. The van der Waals surface area contributed by atoms with Gasteiger partial charge in [-0.1, -0.05) is 23.7 Å². The summed E-state index contributed by atoms with van der Waals surface area (Å²) >= 11 is 8.06. The fourth-order valence-corrected chi connectivity index (χ4v) is 1.76. The number of hydrogen-bond donors (Lipinski definition) is 1. The lowest BCUT2D eigenvalue weighted by atomic mass is 10.3. The Morgan fingerprint density at radius 3 is 3.00 bits per heavy atom. The highest BCUT2D eigenvalue weighted by atomic mass is 127. The van der Waals surface area contributed by atoms with Gasteiger partial charge in [-0.3, -0.25) is 5.10 Å². The van der Waals surface area contributed by atoms with Crippen molar-refractivity contribution in [1.82, 2.24) is 10.2 Å². The van der Waals surface area contributed by atoms with Crippen LogP contribution in [-0.2, 0) is 0 Å². The molecule has 1 aromatic carbocycles. The van der Waals surface area contributed by atoms with Crippen molar-refractivity contribution in [2.45, 2.75) is 0 Å². The van der Waals surface area contributed by atoms with Crippen LogP contribution in [0.2, 0.25) is 5.02 Å². The third-order valence-corrected chi connectivity index (χ3v) is 2.64. The van der Waals surface area contributed by atoms with E-state index in [9.17, 15) is 0 Å². The number of para-hydroxylation sites is 1. The zero-order valence-corrected chi connectivity index (χ0v) is 8.35. The van der Waals surface area contributed by atoms with Crippen molar-refractivity contribution in [2.75, 3.05) is 0 Å². The van der Waals surface area contributed by atoms with Crippen molar-refractivity contribution in [1.29, 1.82) is 0 Å². The monoisotopic (exact) mass is 278 g/mol. The van der Waals surface area contributed by atoms with Crippen LogP contribution in [0.4, 0.5) is 0 Å². The van der Waals surface area contributed by atoms with Crippen LogP contribution < -0.4 is 0 Å². The highest BCUT2D eigenvalue weighted by molar-refractivity contribution is 14.1. The lowest BCUT2D eigenvalue weighted by Gasteiger charge is -1.89. The van der Waals surface area contributed by atoms with E-state index in [1.807, 2.05) is 18.2 Å². The number of H-pyrrole nitrogens is 1. The van der Waals surface area contributed by atoms with Crippen LogP contribution in [0, 0.1) is 3.70 Å². The molecule has 2 nitrogen and oxygen atoms in total. The quantitative estimate of drug-likeness (QED) is 0.738. The molecular formula is C7H4ClIN2.